The number of carbonyl (C=O) groups is 3. The first kappa shape index (κ1) is 24.1. The summed E-state index contributed by atoms with van der Waals surface area (Å²) in [6, 6.07) is -0.488. The molecular formula is C15H31N5O4. The summed E-state index contributed by atoms with van der Waals surface area (Å²) in [5, 5.41) is 13.2. The number of guanidine groups is 1. The summed E-state index contributed by atoms with van der Waals surface area (Å²) in [5.74, 6) is -1.07. The van der Waals surface area contributed by atoms with Gasteiger partial charge in [-0.2, -0.15) is 0 Å². The number of nitrogens with zero attached hydrogens (tertiary/aromatic N) is 1. The third-order valence-electron chi connectivity index (χ3n) is 2.55. The summed E-state index contributed by atoms with van der Waals surface area (Å²) in [4.78, 5) is 36.1. The van der Waals surface area contributed by atoms with Gasteiger partial charge in [-0.3, -0.25) is 19.4 Å². The first-order chi connectivity index (χ1) is 10.8. The highest BCUT2D eigenvalue weighted by atomic mass is 16.4. The van der Waals surface area contributed by atoms with Gasteiger partial charge in [0.25, 0.3) is 5.97 Å². The van der Waals surface area contributed by atoms with Gasteiger partial charge in [0.15, 0.2) is 11.7 Å². The first-order valence-corrected chi connectivity index (χ1v) is 7.65. The van der Waals surface area contributed by atoms with Gasteiger partial charge in [-0.05, 0) is 40.5 Å². The number of carbonyl (C=O) groups excluding carboxylic acids is 2. The Labute approximate surface area is 143 Å². The van der Waals surface area contributed by atoms with Crippen LogP contribution >= 0.6 is 0 Å². The molecular weight excluding hydrogens is 314 g/mol. The van der Waals surface area contributed by atoms with Crippen molar-refractivity contribution in [3.63, 3.8) is 0 Å². The maximum atomic E-state index is 11.8. The van der Waals surface area contributed by atoms with Gasteiger partial charge >= 0.3 is 0 Å². The molecule has 0 aromatic rings. The average Bonchev–Trinajstić information content (AvgIpc) is 2.38. The lowest BCUT2D eigenvalue weighted by molar-refractivity contribution is -0.134. The number of aliphatic imine (C=N–C) groups is 1. The second kappa shape index (κ2) is 12.3. The lowest BCUT2D eigenvalue weighted by atomic mass is 10.1. The van der Waals surface area contributed by atoms with E-state index in [2.05, 4.69) is 15.6 Å². The molecule has 0 bridgehead atoms. The van der Waals surface area contributed by atoms with Gasteiger partial charge in [0, 0.05) is 19.0 Å². The fraction of sp³-hybridized carbons (Fsp3) is 0.733. The minimum absolute atomic E-state index is 0.0304. The van der Waals surface area contributed by atoms with Crippen molar-refractivity contribution in [1.82, 2.24) is 10.6 Å². The van der Waals surface area contributed by atoms with Gasteiger partial charge in [0.1, 0.15) is 0 Å². The van der Waals surface area contributed by atoms with Crippen molar-refractivity contribution in [2.75, 3.05) is 13.1 Å². The predicted molar refractivity (Wildman–Crippen MR) is 93.6 cm³/mol. The molecule has 0 rings (SSSR count). The van der Waals surface area contributed by atoms with Gasteiger partial charge in [0.2, 0.25) is 5.91 Å². The Morgan fingerprint density at radius 3 is 2.04 bits per heavy atom. The second-order valence-electron chi connectivity index (χ2n) is 6.30. The predicted octanol–water partition coefficient (Wildman–Crippen LogP) is -0.407. The van der Waals surface area contributed by atoms with Gasteiger partial charge in [0.05, 0.1) is 12.6 Å². The zero-order valence-corrected chi connectivity index (χ0v) is 15.2. The number of ketones is 1. The van der Waals surface area contributed by atoms with E-state index in [1.807, 2.05) is 20.8 Å². The Balaban J connectivity index is 0. The molecule has 0 aromatic heterocycles. The molecule has 0 aliphatic rings. The van der Waals surface area contributed by atoms with Crippen LogP contribution in [0.15, 0.2) is 4.99 Å². The highest BCUT2D eigenvalue weighted by Gasteiger charge is 2.18. The quantitative estimate of drug-likeness (QED) is 0.227. The number of Topliss-reactive ketones (excluding diaryl/α,β-unsaturated/α-hetero) is 1. The molecule has 7 N–H and O–H groups in total. The molecule has 9 heteroatoms. The maximum Gasteiger partial charge on any atom is 0.300 e. The summed E-state index contributed by atoms with van der Waals surface area (Å²) < 4.78 is 0. The van der Waals surface area contributed by atoms with Gasteiger partial charge in [-0.15, -0.1) is 0 Å². The molecule has 0 heterocycles. The number of carboxylic acid groups (broad SMARTS) is 1. The average molecular weight is 345 g/mol. The van der Waals surface area contributed by atoms with Gasteiger partial charge in [-0.25, -0.2) is 0 Å². The molecule has 0 spiro atoms. The van der Waals surface area contributed by atoms with Crippen LogP contribution in [0.3, 0.4) is 0 Å². The Kier molecular flexibility index (Phi) is 12.3. The molecule has 0 aliphatic carbocycles. The third kappa shape index (κ3) is 19.8. The molecule has 9 nitrogen and oxygen atoms in total. The van der Waals surface area contributed by atoms with Crippen LogP contribution in [-0.2, 0) is 14.4 Å². The number of hydrogen-bond donors (Lipinski definition) is 5. The standard InChI is InChI=1S/C13H27N5O2.C2H4O2/c1-9(19)10(6-5-7-16-12(14)15)18-11(20)8-17-13(2,3)4;1-2(3)4/h10,17H,5-8H2,1-4H3,(H,18,20)(H4,14,15,16);1H3,(H,3,4). The third-order valence-corrected chi connectivity index (χ3v) is 2.55. The van der Waals surface area contributed by atoms with E-state index in [0.717, 1.165) is 6.92 Å². The van der Waals surface area contributed by atoms with E-state index in [4.69, 9.17) is 21.4 Å². The van der Waals surface area contributed by atoms with E-state index in [1.54, 1.807) is 0 Å². The minimum Gasteiger partial charge on any atom is -0.481 e. The molecule has 140 valence electrons. The molecule has 0 aromatic carbocycles. The Hall–Kier alpha value is -2.16. The number of carboxylic acids is 1. The van der Waals surface area contributed by atoms with Crippen molar-refractivity contribution in [3.05, 3.63) is 0 Å². The monoisotopic (exact) mass is 345 g/mol. The van der Waals surface area contributed by atoms with Gasteiger partial charge < -0.3 is 27.2 Å². The van der Waals surface area contributed by atoms with Gasteiger partial charge in [-0.1, -0.05) is 0 Å². The topological polar surface area (TPSA) is 160 Å². The van der Waals surface area contributed by atoms with Crippen molar-refractivity contribution in [1.29, 1.82) is 0 Å². The number of amides is 1. The lowest BCUT2D eigenvalue weighted by Crippen LogP contribution is -2.47. The lowest BCUT2D eigenvalue weighted by Gasteiger charge is -2.21. The number of hydrogen-bond acceptors (Lipinski definition) is 5. The first-order valence-electron chi connectivity index (χ1n) is 7.65. The highest BCUT2D eigenvalue weighted by molar-refractivity contribution is 5.88. The van der Waals surface area contributed by atoms with E-state index in [0.29, 0.717) is 19.4 Å². The zero-order valence-electron chi connectivity index (χ0n) is 15.2. The van der Waals surface area contributed by atoms with Crippen molar-refractivity contribution < 1.29 is 19.5 Å². The molecule has 0 saturated heterocycles. The van der Waals surface area contributed by atoms with Crippen LogP contribution in [0.25, 0.3) is 0 Å². The van der Waals surface area contributed by atoms with Crippen molar-refractivity contribution in [2.24, 2.45) is 16.5 Å². The SMILES string of the molecule is CC(=O)C(CCCN=C(N)N)NC(=O)CNC(C)(C)C.CC(=O)O. The summed E-state index contributed by atoms with van der Waals surface area (Å²) in [6.07, 6.45) is 1.16. The van der Waals surface area contributed by atoms with E-state index < -0.39 is 12.0 Å². The van der Waals surface area contributed by atoms with E-state index in [-0.39, 0.29) is 29.7 Å². The normalized spacial score (nSPS) is 11.5. The fourth-order valence-electron chi connectivity index (χ4n) is 1.47. The Morgan fingerprint density at radius 2 is 1.67 bits per heavy atom. The minimum atomic E-state index is -0.833. The number of aliphatic carboxylic acids is 1. The van der Waals surface area contributed by atoms with Crippen molar-refractivity contribution in [2.45, 2.75) is 59.0 Å². The van der Waals surface area contributed by atoms with Crippen LogP contribution in [0, 0.1) is 0 Å². The molecule has 1 atom stereocenters. The smallest absolute Gasteiger partial charge is 0.300 e. The van der Waals surface area contributed by atoms with Crippen LogP contribution in [-0.4, -0.2) is 53.4 Å². The van der Waals surface area contributed by atoms with E-state index in [1.165, 1.54) is 6.92 Å². The maximum absolute atomic E-state index is 11.8. The highest BCUT2D eigenvalue weighted by Crippen LogP contribution is 2.00. The zero-order chi connectivity index (χ0) is 19.3. The van der Waals surface area contributed by atoms with Crippen molar-refractivity contribution in [3.8, 4) is 0 Å². The van der Waals surface area contributed by atoms with Crippen LogP contribution in [0.4, 0.5) is 0 Å². The largest absolute Gasteiger partial charge is 0.481 e. The van der Waals surface area contributed by atoms with E-state index >= 15 is 0 Å². The van der Waals surface area contributed by atoms with Crippen LogP contribution in [0.5, 0.6) is 0 Å². The fourth-order valence-corrected chi connectivity index (χ4v) is 1.47. The molecule has 0 saturated carbocycles. The van der Waals surface area contributed by atoms with Crippen LogP contribution in [0.1, 0.15) is 47.5 Å². The molecule has 1 unspecified atom stereocenters. The van der Waals surface area contributed by atoms with Crippen LogP contribution < -0.4 is 22.1 Å². The number of nitrogens with two attached hydrogens (primary N) is 2. The summed E-state index contributed by atoms with van der Waals surface area (Å²) in [7, 11) is 0. The molecule has 24 heavy (non-hydrogen) atoms. The molecule has 0 aliphatic heterocycles. The second-order valence-corrected chi connectivity index (χ2v) is 6.30. The molecule has 0 fully saturated rings. The number of nitrogens with one attached hydrogen (secondary N) is 2. The molecule has 1 amide bonds. The summed E-state index contributed by atoms with van der Waals surface area (Å²) in [5.41, 5.74) is 10.3. The Bertz CT molecular complexity index is 436. The van der Waals surface area contributed by atoms with Crippen molar-refractivity contribution >= 4 is 23.6 Å². The summed E-state index contributed by atoms with van der Waals surface area (Å²) >= 11 is 0. The van der Waals surface area contributed by atoms with Crippen LogP contribution in [0.2, 0.25) is 0 Å². The van der Waals surface area contributed by atoms with E-state index in [9.17, 15) is 9.59 Å². The molecule has 0 radical (unpaired) electrons. The number of rotatable bonds is 8. The summed E-state index contributed by atoms with van der Waals surface area (Å²) in [6.45, 7) is 9.08. The Morgan fingerprint density at radius 1 is 1.17 bits per heavy atom.